The maximum Gasteiger partial charge on any atom is 0.408 e. The number of benzene rings is 1. The molecule has 1 saturated carbocycles. The number of hydrogen-bond donors (Lipinski definition) is 2. The normalized spacial score (nSPS) is 16.6. The van der Waals surface area contributed by atoms with Crippen molar-refractivity contribution < 1.29 is 23.8 Å². The third-order valence-electron chi connectivity index (χ3n) is 5.22. The molecule has 2 amide bonds. The van der Waals surface area contributed by atoms with Crippen molar-refractivity contribution in [2.75, 3.05) is 11.9 Å². The summed E-state index contributed by atoms with van der Waals surface area (Å²) >= 11 is 0. The topological polar surface area (TPSA) is 98.8 Å². The third-order valence-corrected chi connectivity index (χ3v) is 5.22. The molecule has 8 heteroatoms. The van der Waals surface area contributed by atoms with E-state index >= 15 is 0 Å². The molecular formula is C23H27N3O5. The number of anilines is 1. The third kappa shape index (κ3) is 4.73. The lowest BCUT2D eigenvalue weighted by atomic mass is 9.97. The lowest BCUT2D eigenvalue weighted by Gasteiger charge is -2.21. The number of alkyl carbamates (subject to hydrolysis) is 1. The molecule has 2 aromatic rings. The number of carbonyl (C=O) groups excluding carboxylic acids is 2. The number of nitrogens with zero attached hydrogens (tertiary/aromatic N) is 1. The predicted molar refractivity (Wildman–Crippen MR) is 115 cm³/mol. The van der Waals surface area contributed by atoms with Crippen LogP contribution < -0.4 is 20.1 Å². The average Bonchev–Trinajstić information content (AvgIpc) is 3.37. The fourth-order valence-electron chi connectivity index (χ4n) is 3.50. The van der Waals surface area contributed by atoms with Crippen molar-refractivity contribution in [3.8, 4) is 17.4 Å². The van der Waals surface area contributed by atoms with Gasteiger partial charge in [0.1, 0.15) is 23.1 Å². The maximum absolute atomic E-state index is 12.3. The van der Waals surface area contributed by atoms with Crippen LogP contribution in [-0.4, -0.2) is 35.2 Å². The van der Waals surface area contributed by atoms with Crippen molar-refractivity contribution in [2.24, 2.45) is 0 Å². The molecular weight excluding hydrogens is 398 g/mol. The van der Waals surface area contributed by atoms with Crippen molar-refractivity contribution in [2.45, 2.75) is 57.6 Å². The zero-order valence-electron chi connectivity index (χ0n) is 18.2. The van der Waals surface area contributed by atoms with Crippen LogP contribution in [0.2, 0.25) is 0 Å². The van der Waals surface area contributed by atoms with Crippen LogP contribution in [0.5, 0.6) is 17.4 Å². The van der Waals surface area contributed by atoms with Crippen LogP contribution in [0.4, 0.5) is 10.5 Å². The van der Waals surface area contributed by atoms with Gasteiger partial charge in [-0.1, -0.05) is 6.07 Å². The monoisotopic (exact) mass is 425 g/mol. The summed E-state index contributed by atoms with van der Waals surface area (Å²) in [5.41, 5.74) is 1.08. The SMILES string of the molecule is C[C@H](NC(=O)OC(C)(C)C)C(=O)Nc1ccc(Oc2cccc3c2C2(CC2)CO3)nc1. The van der Waals surface area contributed by atoms with Gasteiger partial charge in [-0.25, -0.2) is 9.78 Å². The molecule has 31 heavy (non-hydrogen) atoms. The summed E-state index contributed by atoms with van der Waals surface area (Å²) in [6.45, 7) is 7.56. The largest absolute Gasteiger partial charge is 0.492 e. The predicted octanol–water partition coefficient (Wildman–Crippen LogP) is 4.15. The minimum absolute atomic E-state index is 0.0944. The van der Waals surface area contributed by atoms with E-state index in [-0.39, 0.29) is 11.3 Å². The van der Waals surface area contributed by atoms with Crippen LogP contribution in [0.25, 0.3) is 0 Å². The summed E-state index contributed by atoms with van der Waals surface area (Å²) in [6.07, 6.45) is 3.08. The zero-order chi connectivity index (χ0) is 22.2. The highest BCUT2D eigenvalue weighted by atomic mass is 16.6. The molecule has 2 heterocycles. The summed E-state index contributed by atoms with van der Waals surface area (Å²) in [4.78, 5) is 28.5. The second-order valence-corrected chi connectivity index (χ2v) is 9.04. The lowest BCUT2D eigenvalue weighted by Crippen LogP contribution is -2.43. The molecule has 0 radical (unpaired) electrons. The van der Waals surface area contributed by atoms with Gasteiger partial charge in [0.15, 0.2) is 0 Å². The first-order chi connectivity index (χ1) is 14.7. The number of hydrogen-bond acceptors (Lipinski definition) is 6. The molecule has 2 aliphatic rings. The molecule has 164 valence electrons. The minimum atomic E-state index is -0.771. The Kier molecular flexibility index (Phi) is 5.24. The van der Waals surface area contributed by atoms with E-state index in [0.717, 1.165) is 29.9 Å². The molecule has 0 saturated heterocycles. The summed E-state index contributed by atoms with van der Waals surface area (Å²) < 4.78 is 17.0. The van der Waals surface area contributed by atoms with Crippen molar-refractivity contribution >= 4 is 17.7 Å². The van der Waals surface area contributed by atoms with E-state index in [0.29, 0.717) is 18.2 Å². The number of pyridine rings is 1. The Morgan fingerprint density at radius 1 is 1.19 bits per heavy atom. The van der Waals surface area contributed by atoms with Crippen molar-refractivity contribution in [3.63, 3.8) is 0 Å². The van der Waals surface area contributed by atoms with E-state index in [1.54, 1.807) is 39.8 Å². The highest BCUT2D eigenvalue weighted by molar-refractivity contribution is 5.96. The number of nitrogens with one attached hydrogen (secondary N) is 2. The van der Waals surface area contributed by atoms with Gasteiger partial charge in [-0.15, -0.1) is 0 Å². The van der Waals surface area contributed by atoms with Crippen molar-refractivity contribution in [1.29, 1.82) is 0 Å². The number of rotatable bonds is 5. The molecule has 8 nitrogen and oxygen atoms in total. The molecule has 1 aromatic carbocycles. The molecule has 1 atom stereocenters. The molecule has 4 rings (SSSR count). The van der Waals surface area contributed by atoms with Gasteiger partial charge in [0.2, 0.25) is 11.8 Å². The summed E-state index contributed by atoms with van der Waals surface area (Å²) in [5, 5.41) is 5.23. The van der Waals surface area contributed by atoms with Crippen LogP contribution in [0.3, 0.4) is 0 Å². The summed E-state index contributed by atoms with van der Waals surface area (Å²) in [6, 6.07) is 8.42. The van der Waals surface area contributed by atoms with Crippen LogP contribution in [-0.2, 0) is 14.9 Å². The zero-order valence-corrected chi connectivity index (χ0v) is 18.2. The minimum Gasteiger partial charge on any atom is -0.492 e. The van der Waals surface area contributed by atoms with E-state index in [1.807, 2.05) is 18.2 Å². The molecule has 1 fully saturated rings. The number of carbonyl (C=O) groups is 2. The van der Waals surface area contributed by atoms with Gasteiger partial charge in [-0.05, 0) is 58.7 Å². The fraction of sp³-hybridized carbons (Fsp3) is 0.435. The van der Waals surface area contributed by atoms with E-state index < -0.39 is 17.7 Å². The van der Waals surface area contributed by atoms with Crippen LogP contribution in [0, 0.1) is 0 Å². The van der Waals surface area contributed by atoms with Crippen LogP contribution >= 0.6 is 0 Å². The summed E-state index contributed by atoms with van der Waals surface area (Å²) in [5.74, 6) is 1.68. The van der Waals surface area contributed by atoms with Gasteiger partial charge in [-0.3, -0.25) is 4.79 Å². The fourth-order valence-corrected chi connectivity index (χ4v) is 3.50. The van der Waals surface area contributed by atoms with Crippen molar-refractivity contribution in [1.82, 2.24) is 10.3 Å². The van der Waals surface area contributed by atoms with Crippen LogP contribution in [0.1, 0.15) is 46.1 Å². The maximum atomic E-state index is 12.3. The Hall–Kier alpha value is -3.29. The van der Waals surface area contributed by atoms with Crippen LogP contribution in [0.15, 0.2) is 36.5 Å². The molecule has 0 bridgehead atoms. The molecule has 1 aliphatic heterocycles. The van der Waals surface area contributed by atoms with E-state index in [4.69, 9.17) is 14.2 Å². The van der Waals surface area contributed by atoms with E-state index in [1.165, 1.54) is 6.20 Å². The quantitative estimate of drug-likeness (QED) is 0.747. The number of amides is 2. The number of fused-ring (bicyclic) bond motifs is 2. The number of aromatic nitrogens is 1. The average molecular weight is 425 g/mol. The second-order valence-electron chi connectivity index (χ2n) is 9.04. The first-order valence-corrected chi connectivity index (χ1v) is 10.4. The van der Waals surface area contributed by atoms with Crippen molar-refractivity contribution in [3.05, 3.63) is 42.1 Å². The second kappa shape index (κ2) is 7.76. The van der Waals surface area contributed by atoms with E-state index in [2.05, 4.69) is 15.6 Å². The molecule has 0 unspecified atom stereocenters. The van der Waals surface area contributed by atoms with Gasteiger partial charge >= 0.3 is 6.09 Å². The Morgan fingerprint density at radius 3 is 2.61 bits per heavy atom. The number of ether oxygens (including phenoxy) is 3. The van der Waals surface area contributed by atoms with E-state index in [9.17, 15) is 9.59 Å². The standard InChI is InChI=1S/C23H27N3O5/c1-14(25-21(28)31-22(2,3)4)20(27)26-15-8-9-18(24-12-15)30-17-7-5-6-16-19(17)23(10-11-23)13-29-16/h5-9,12,14H,10-11,13H2,1-4H3,(H,25,28)(H,26,27)/t14-/m0/s1. The first kappa shape index (κ1) is 21.0. The molecule has 1 aliphatic carbocycles. The Labute approximate surface area is 181 Å². The first-order valence-electron chi connectivity index (χ1n) is 10.4. The Bertz CT molecular complexity index is 993. The highest BCUT2D eigenvalue weighted by Crippen LogP contribution is 2.58. The molecule has 2 N–H and O–H groups in total. The van der Waals surface area contributed by atoms with Gasteiger partial charge in [0.25, 0.3) is 0 Å². The smallest absolute Gasteiger partial charge is 0.408 e. The van der Waals surface area contributed by atoms with Gasteiger partial charge in [0.05, 0.1) is 18.5 Å². The Balaban J connectivity index is 1.36. The van der Waals surface area contributed by atoms with Gasteiger partial charge in [-0.2, -0.15) is 0 Å². The lowest BCUT2D eigenvalue weighted by molar-refractivity contribution is -0.117. The van der Waals surface area contributed by atoms with Gasteiger partial charge in [0, 0.05) is 17.0 Å². The highest BCUT2D eigenvalue weighted by Gasteiger charge is 2.52. The van der Waals surface area contributed by atoms with Gasteiger partial charge < -0.3 is 24.8 Å². The summed E-state index contributed by atoms with van der Waals surface area (Å²) in [7, 11) is 0. The Morgan fingerprint density at radius 2 is 1.97 bits per heavy atom. The molecule has 1 aromatic heterocycles. The molecule has 1 spiro atoms.